The predicted molar refractivity (Wildman–Crippen MR) is 109 cm³/mol. The quantitative estimate of drug-likeness (QED) is 0.447. The van der Waals surface area contributed by atoms with Gasteiger partial charge in [-0.25, -0.2) is 14.2 Å². The fourth-order valence-corrected chi connectivity index (χ4v) is 4.25. The lowest BCUT2D eigenvalue weighted by molar-refractivity contribution is -0.137. The monoisotopic (exact) mass is 430 g/mol. The summed E-state index contributed by atoms with van der Waals surface area (Å²) >= 11 is 0.867. The summed E-state index contributed by atoms with van der Waals surface area (Å²) in [5.74, 6) is -2.44. The van der Waals surface area contributed by atoms with E-state index >= 15 is 0 Å². The number of ketones is 1. The summed E-state index contributed by atoms with van der Waals surface area (Å²) in [6.07, 6.45) is 0. The largest absolute Gasteiger partial charge is 0.480 e. The van der Waals surface area contributed by atoms with Crippen LogP contribution in [0.2, 0.25) is 0 Å². The molecule has 10 heteroatoms. The second-order valence-electron chi connectivity index (χ2n) is 6.40. The molecule has 0 radical (unpaired) electrons. The normalized spacial score (nSPS) is 10.9. The molecule has 0 unspecified atom stereocenters. The molecule has 0 saturated heterocycles. The lowest BCUT2D eigenvalue weighted by atomic mass is 10.1. The van der Waals surface area contributed by atoms with Crippen LogP contribution in [0.25, 0.3) is 10.2 Å². The van der Waals surface area contributed by atoms with Gasteiger partial charge in [0.15, 0.2) is 5.78 Å². The van der Waals surface area contributed by atoms with E-state index in [0.29, 0.717) is 10.1 Å². The topological polar surface area (TPSA) is 125 Å². The molecule has 0 atom stereocenters. The summed E-state index contributed by atoms with van der Waals surface area (Å²) in [7, 11) is 0. The molecule has 156 valence electrons. The number of aryl methyl sites for hydroxylation is 1. The molecule has 3 rings (SSSR count). The van der Waals surface area contributed by atoms with Crippen molar-refractivity contribution in [3.8, 4) is 0 Å². The second kappa shape index (κ2) is 8.46. The zero-order valence-corrected chi connectivity index (χ0v) is 17.0. The highest BCUT2D eigenvalue weighted by Crippen LogP contribution is 2.28. The highest BCUT2D eigenvalue weighted by molar-refractivity contribution is 7.20. The van der Waals surface area contributed by atoms with Crippen LogP contribution >= 0.6 is 11.3 Å². The number of rotatable bonds is 7. The number of carboxylic acids is 1. The van der Waals surface area contributed by atoms with Crippen LogP contribution in [-0.4, -0.2) is 38.6 Å². The third-order valence-electron chi connectivity index (χ3n) is 4.45. The van der Waals surface area contributed by atoms with Crippen LogP contribution in [0.3, 0.4) is 0 Å². The molecule has 1 aromatic carbocycles. The number of carbonyl (C=O) groups is 3. The van der Waals surface area contributed by atoms with Crippen molar-refractivity contribution in [3.63, 3.8) is 0 Å². The maximum absolute atomic E-state index is 12.9. The summed E-state index contributed by atoms with van der Waals surface area (Å²) < 4.78 is 6.60. The van der Waals surface area contributed by atoms with Crippen LogP contribution in [0.15, 0.2) is 39.9 Å². The van der Waals surface area contributed by atoms with Crippen molar-refractivity contribution in [3.05, 3.63) is 67.2 Å². The molecule has 0 aliphatic heterocycles. The van der Waals surface area contributed by atoms with Crippen molar-refractivity contribution in [1.82, 2.24) is 9.13 Å². The van der Waals surface area contributed by atoms with Crippen LogP contribution in [0.5, 0.6) is 0 Å². The Kier molecular flexibility index (Phi) is 5.97. The number of fused-ring (bicyclic) bond motifs is 1. The van der Waals surface area contributed by atoms with Gasteiger partial charge in [-0.05, 0) is 19.4 Å². The number of benzene rings is 1. The fraction of sp³-hybridized carbons (Fsp3) is 0.250. The van der Waals surface area contributed by atoms with Gasteiger partial charge in [-0.2, -0.15) is 0 Å². The van der Waals surface area contributed by atoms with Crippen molar-refractivity contribution in [2.24, 2.45) is 0 Å². The van der Waals surface area contributed by atoms with E-state index in [9.17, 15) is 24.0 Å². The van der Waals surface area contributed by atoms with Gasteiger partial charge in [0.05, 0.1) is 18.5 Å². The van der Waals surface area contributed by atoms with E-state index in [1.165, 1.54) is 6.92 Å². The molecule has 0 spiro atoms. The number of aliphatic carboxylic acids is 1. The Morgan fingerprint density at radius 2 is 1.73 bits per heavy atom. The minimum absolute atomic E-state index is 0.0183. The Labute approximate surface area is 173 Å². The Morgan fingerprint density at radius 1 is 1.07 bits per heavy atom. The first kappa shape index (κ1) is 21.2. The zero-order valence-electron chi connectivity index (χ0n) is 16.2. The number of hydrogen-bond acceptors (Lipinski definition) is 7. The van der Waals surface area contributed by atoms with Gasteiger partial charge in [-0.1, -0.05) is 30.3 Å². The van der Waals surface area contributed by atoms with E-state index in [-0.39, 0.29) is 27.3 Å². The number of ether oxygens (including phenoxy) is 1. The number of hydrogen-bond donors (Lipinski definition) is 1. The standard InChI is InChI=1S/C20H18N2O7S/c1-3-29-19(27)16-11(2)15-17(26)21(10-14(24)25)20(28)22(18(15)30-16)9-13(23)12-7-5-4-6-8-12/h4-8H,3,9-10H2,1-2H3,(H,24,25). The average molecular weight is 430 g/mol. The van der Waals surface area contributed by atoms with Gasteiger partial charge >= 0.3 is 17.6 Å². The molecule has 1 N–H and O–H groups in total. The lowest BCUT2D eigenvalue weighted by Gasteiger charge is -2.10. The van der Waals surface area contributed by atoms with E-state index in [1.54, 1.807) is 37.3 Å². The van der Waals surface area contributed by atoms with Gasteiger partial charge < -0.3 is 9.84 Å². The zero-order chi connectivity index (χ0) is 22.0. The van der Waals surface area contributed by atoms with E-state index in [0.717, 1.165) is 15.9 Å². The molecule has 0 amide bonds. The SMILES string of the molecule is CCOC(=O)c1sc2c(c1C)c(=O)n(CC(=O)O)c(=O)n2CC(=O)c1ccccc1. The number of Topliss-reactive ketones (excluding diaryl/α,β-unsaturated/α-hetero) is 1. The molecule has 2 heterocycles. The van der Waals surface area contributed by atoms with Gasteiger partial charge in [0.25, 0.3) is 5.56 Å². The van der Waals surface area contributed by atoms with Crippen LogP contribution in [0.4, 0.5) is 0 Å². The minimum atomic E-state index is -1.38. The first-order valence-electron chi connectivity index (χ1n) is 9.00. The summed E-state index contributed by atoms with van der Waals surface area (Å²) in [6, 6.07) is 8.25. The third kappa shape index (κ3) is 3.81. The van der Waals surface area contributed by atoms with E-state index in [2.05, 4.69) is 0 Å². The van der Waals surface area contributed by atoms with Crippen LogP contribution in [0, 0.1) is 6.92 Å². The summed E-state index contributed by atoms with van der Waals surface area (Å²) in [5, 5.41) is 9.14. The average Bonchev–Trinajstić information content (AvgIpc) is 3.06. The molecule has 0 fully saturated rings. The number of carbonyl (C=O) groups excluding carboxylic acids is 2. The number of thiophene rings is 1. The number of nitrogens with zero attached hydrogens (tertiary/aromatic N) is 2. The van der Waals surface area contributed by atoms with E-state index < -0.39 is 42.1 Å². The predicted octanol–water partition coefficient (Wildman–Crippen LogP) is 1.68. The summed E-state index contributed by atoms with van der Waals surface area (Å²) in [6.45, 7) is 1.99. The lowest BCUT2D eigenvalue weighted by Crippen LogP contribution is -2.42. The van der Waals surface area contributed by atoms with Crippen LogP contribution in [0.1, 0.15) is 32.5 Å². The Balaban J connectivity index is 2.28. The third-order valence-corrected chi connectivity index (χ3v) is 5.74. The molecule has 0 aliphatic carbocycles. The molecule has 9 nitrogen and oxygen atoms in total. The summed E-state index contributed by atoms with van der Waals surface area (Å²) in [5.41, 5.74) is -1.13. The van der Waals surface area contributed by atoms with Crippen molar-refractivity contribution in [2.75, 3.05) is 6.61 Å². The van der Waals surface area contributed by atoms with Gasteiger partial charge in [-0.3, -0.25) is 19.0 Å². The Morgan fingerprint density at radius 3 is 2.33 bits per heavy atom. The molecule has 30 heavy (non-hydrogen) atoms. The molecule has 0 bridgehead atoms. The van der Waals surface area contributed by atoms with Crippen molar-refractivity contribution in [1.29, 1.82) is 0 Å². The maximum atomic E-state index is 12.9. The molecular formula is C20H18N2O7S. The Hall–Kier alpha value is -3.53. The highest BCUT2D eigenvalue weighted by atomic mass is 32.1. The molecule has 0 aliphatic rings. The Bertz CT molecular complexity index is 1270. The van der Waals surface area contributed by atoms with Crippen LogP contribution in [-0.2, 0) is 22.6 Å². The van der Waals surface area contributed by atoms with E-state index in [4.69, 9.17) is 9.84 Å². The van der Waals surface area contributed by atoms with E-state index in [1.807, 2.05) is 0 Å². The molecule has 3 aromatic rings. The van der Waals surface area contributed by atoms with Gasteiger partial charge in [-0.15, -0.1) is 11.3 Å². The molecule has 0 saturated carbocycles. The first-order chi connectivity index (χ1) is 14.3. The molecule has 2 aromatic heterocycles. The minimum Gasteiger partial charge on any atom is -0.480 e. The first-order valence-corrected chi connectivity index (χ1v) is 9.81. The fourth-order valence-electron chi connectivity index (χ4n) is 3.06. The number of aromatic nitrogens is 2. The smallest absolute Gasteiger partial charge is 0.348 e. The maximum Gasteiger partial charge on any atom is 0.348 e. The van der Waals surface area contributed by atoms with Gasteiger partial charge in [0, 0.05) is 5.56 Å². The highest BCUT2D eigenvalue weighted by Gasteiger charge is 2.25. The van der Waals surface area contributed by atoms with Crippen LogP contribution < -0.4 is 11.2 Å². The van der Waals surface area contributed by atoms with Crippen molar-refractivity contribution in [2.45, 2.75) is 26.9 Å². The van der Waals surface area contributed by atoms with Gasteiger partial charge in [0.2, 0.25) is 0 Å². The van der Waals surface area contributed by atoms with Crippen molar-refractivity contribution < 1.29 is 24.2 Å². The number of esters is 1. The molecular weight excluding hydrogens is 412 g/mol. The van der Waals surface area contributed by atoms with Crippen molar-refractivity contribution >= 4 is 39.3 Å². The second-order valence-corrected chi connectivity index (χ2v) is 7.40. The van der Waals surface area contributed by atoms with Gasteiger partial charge in [0.1, 0.15) is 16.3 Å². The number of carboxylic acid groups (broad SMARTS) is 1. The summed E-state index contributed by atoms with van der Waals surface area (Å²) in [4.78, 5) is 62.2.